The standard InChI is InChI=1S/C20H24O4.Sn/c1-14(2)18-11-9-7-5-3-4-6-8-10-15-12-16(21)13-17(22)19(15)20(23)24-18;/h4,6-7,9,12-14,18,21-22H,3,5,10-11H2,1-2H3;/b6-4+,9-7+;/t18-;/m0./s1. The van der Waals surface area contributed by atoms with Crippen LogP contribution in [0.4, 0.5) is 0 Å². The van der Waals surface area contributed by atoms with Crippen LogP contribution < -0.4 is 0 Å². The Balaban J connectivity index is 2.43. The van der Waals surface area contributed by atoms with Gasteiger partial charge in [0, 0.05) is 0 Å². The number of benzene rings is 1. The second-order valence-electron chi connectivity index (χ2n) is 6.58. The zero-order valence-electron chi connectivity index (χ0n) is 14.7. The van der Waals surface area contributed by atoms with E-state index in [4.69, 9.17) is 4.74 Å². The third-order valence-corrected chi connectivity index (χ3v) is 5.11. The molecule has 0 unspecified atom stereocenters. The van der Waals surface area contributed by atoms with Crippen molar-refractivity contribution in [2.75, 3.05) is 0 Å². The van der Waals surface area contributed by atoms with Crippen LogP contribution in [-0.2, 0) is 11.2 Å². The minimum absolute atomic E-state index is 0.0545. The van der Waals surface area contributed by atoms with Crippen molar-refractivity contribution in [2.45, 2.75) is 45.6 Å². The summed E-state index contributed by atoms with van der Waals surface area (Å²) in [5.74, 6) is -0.662. The van der Waals surface area contributed by atoms with Gasteiger partial charge in [0.05, 0.1) is 0 Å². The summed E-state index contributed by atoms with van der Waals surface area (Å²) in [4.78, 5) is 12.7. The normalized spacial score (nSPS) is 22.0. The summed E-state index contributed by atoms with van der Waals surface area (Å²) in [6.45, 7) is 4.02. The molecule has 0 aromatic heterocycles. The summed E-state index contributed by atoms with van der Waals surface area (Å²) in [5.41, 5.74) is 0.742. The van der Waals surface area contributed by atoms with Crippen LogP contribution >= 0.6 is 0 Å². The Labute approximate surface area is 161 Å². The minimum atomic E-state index is -0.538. The summed E-state index contributed by atoms with van der Waals surface area (Å²) in [5, 5.41) is 20.0. The molecule has 0 fully saturated rings. The predicted octanol–water partition coefficient (Wildman–Crippen LogP) is 3.46. The Morgan fingerprint density at radius 1 is 1.16 bits per heavy atom. The van der Waals surface area contributed by atoms with E-state index in [0.29, 0.717) is 18.4 Å². The van der Waals surface area contributed by atoms with E-state index in [2.05, 4.69) is 24.3 Å². The molecule has 5 heteroatoms. The molecule has 0 saturated heterocycles. The number of ether oxygens (including phenoxy) is 1. The Morgan fingerprint density at radius 3 is 2.60 bits per heavy atom. The average Bonchev–Trinajstić information content (AvgIpc) is 2.51. The van der Waals surface area contributed by atoms with Gasteiger partial charge < -0.3 is 0 Å². The van der Waals surface area contributed by atoms with Crippen molar-refractivity contribution in [1.29, 1.82) is 0 Å². The Morgan fingerprint density at radius 2 is 1.88 bits per heavy atom. The SMILES string of the molecule is CC(C)[C@@H]1C/C=C/CC/C=C/[C](=[Sn])Cc2cc(O)cc(O)c2C(=O)O1. The molecule has 1 aliphatic rings. The maximum atomic E-state index is 12.7. The molecule has 0 spiro atoms. The van der Waals surface area contributed by atoms with E-state index < -0.39 is 5.97 Å². The molecule has 2 N–H and O–H groups in total. The van der Waals surface area contributed by atoms with Crippen molar-refractivity contribution in [3.8, 4) is 11.5 Å². The summed E-state index contributed by atoms with van der Waals surface area (Å²) < 4.78 is 6.82. The second kappa shape index (κ2) is 9.22. The van der Waals surface area contributed by atoms with Crippen molar-refractivity contribution >= 4 is 31.5 Å². The van der Waals surface area contributed by atoms with Gasteiger partial charge in [-0.2, -0.15) is 0 Å². The zero-order chi connectivity index (χ0) is 18.4. The van der Waals surface area contributed by atoms with E-state index in [1.54, 1.807) is 0 Å². The summed E-state index contributed by atoms with van der Waals surface area (Å²) in [7, 11) is 0. The molecule has 2 radical (unpaired) electrons. The number of rotatable bonds is 1. The van der Waals surface area contributed by atoms with Gasteiger partial charge >= 0.3 is 162 Å². The van der Waals surface area contributed by atoms with E-state index in [9.17, 15) is 15.0 Å². The molecule has 1 aliphatic heterocycles. The second-order valence-corrected chi connectivity index (χ2v) is 8.41. The van der Waals surface area contributed by atoms with Crippen molar-refractivity contribution in [3.63, 3.8) is 0 Å². The number of phenols is 2. The topological polar surface area (TPSA) is 66.8 Å². The summed E-state index contributed by atoms with van der Waals surface area (Å²) in [6.07, 6.45) is 11.2. The molecule has 1 aromatic rings. The number of hydrogen-bond acceptors (Lipinski definition) is 4. The van der Waals surface area contributed by atoms with E-state index in [0.717, 1.165) is 16.4 Å². The molecular formula is C20H24O4Sn. The van der Waals surface area contributed by atoms with Crippen LogP contribution in [0.2, 0.25) is 0 Å². The summed E-state index contributed by atoms with van der Waals surface area (Å²) >= 11 is 1.23. The number of carbonyl (C=O) groups is 1. The van der Waals surface area contributed by atoms with Crippen LogP contribution in [-0.4, -0.2) is 47.9 Å². The number of fused-ring (bicyclic) bond motifs is 1. The fourth-order valence-electron chi connectivity index (χ4n) is 2.73. The Bertz CT molecular complexity index is 704. The molecule has 132 valence electrons. The first kappa shape index (κ1) is 19.8. The van der Waals surface area contributed by atoms with Gasteiger partial charge in [0.1, 0.15) is 0 Å². The maximum absolute atomic E-state index is 12.7. The van der Waals surface area contributed by atoms with E-state index in [1.807, 2.05) is 13.8 Å². The molecule has 4 nitrogen and oxygen atoms in total. The summed E-state index contributed by atoms with van der Waals surface area (Å²) in [6, 6.07) is 2.72. The molecule has 0 aliphatic carbocycles. The Kier molecular flexibility index (Phi) is 7.29. The zero-order valence-corrected chi connectivity index (χ0v) is 17.5. The number of allylic oxidation sites excluding steroid dienone is 3. The molecule has 0 bridgehead atoms. The molecule has 1 heterocycles. The predicted molar refractivity (Wildman–Crippen MR) is 100 cm³/mol. The molecule has 2 rings (SSSR count). The van der Waals surface area contributed by atoms with Gasteiger partial charge in [0.2, 0.25) is 0 Å². The van der Waals surface area contributed by atoms with Crippen molar-refractivity contribution in [2.24, 2.45) is 5.92 Å². The molecule has 0 amide bonds. The number of aromatic hydroxyl groups is 2. The van der Waals surface area contributed by atoms with E-state index >= 15 is 0 Å². The Hall–Kier alpha value is -1.56. The monoisotopic (exact) mass is 448 g/mol. The first-order valence-corrected chi connectivity index (χ1v) is 9.96. The van der Waals surface area contributed by atoms with Crippen molar-refractivity contribution < 1.29 is 19.7 Å². The fourth-order valence-corrected chi connectivity index (χ4v) is 3.61. The van der Waals surface area contributed by atoms with Gasteiger partial charge in [0.25, 0.3) is 0 Å². The molecule has 0 saturated carbocycles. The molecule has 25 heavy (non-hydrogen) atoms. The third-order valence-electron chi connectivity index (χ3n) is 4.13. The number of cyclic esters (lactones) is 1. The average molecular weight is 447 g/mol. The van der Waals surface area contributed by atoms with Gasteiger partial charge in [0.15, 0.2) is 0 Å². The van der Waals surface area contributed by atoms with Gasteiger partial charge in [-0.3, -0.25) is 0 Å². The van der Waals surface area contributed by atoms with Crippen LogP contribution in [0.15, 0.2) is 36.4 Å². The van der Waals surface area contributed by atoms with Gasteiger partial charge in [-0.15, -0.1) is 0 Å². The molecule has 1 atom stereocenters. The first-order chi connectivity index (χ1) is 11.9. The quantitative estimate of drug-likeness (QED) is 0.394. The van der Waals surface area contributed by atoms with Crippen LogP contribution in [0.3, 0.4) is 0 Å². The number of phenolic OH excluding ortho intramolecular Hbond substituents is 2. The first-order valence-electron chi connectivity index (χ1n) is 8.53. The fraction of sp³-hybridized carbons (Fsp3) is 0.400. The molecular weight excluding hydrogens is 423 g/mol. The van der Waals surface area contributed by atoms with Crippen molar-refractivity contribution in [1.82, 2.24) is 0 Å². The number of hydrogen-bond donors (Lipinski definition) is 2. The van der Waals surface area contributed by atoms with E-state index in [1.165, 1.54) is 34.2 Å². The van der Waals surface area contributed by atoms with Crippen LogP contribution in [0.1, 0.15) is 49.0 Å². The van der Waals surface area contributed by atoms with Crippen LogP contribution in [0.25, 0.3) is 0 Å². The van der Waals surface area contributed by atoms with E-state index in [-0.39, 0.29) is 29.1 Å². The van der Waals surface area contributed by atoms with Crippen LogP contribution in [0, 0.1) is 5.92 Å². The third kappa shape index (κ3) is 5.73. The van der Waals surface area contributed by atoms with Crippen molar-refractivity contribution in [3.05, 3.63) is 47.6 Å². The number of carbonyl (C=O) groups excluding carboxylic acids is 1. The number of esters is 1. The molecule has 1 aromatic carbocycles. The van der Waals surface area contributed by atoms with Gasteiger partial charge in [-0.1, -0.05) is 0 Å². The van der Waals surface area contributed by atoms with Gasteiger partial charge in [-0.25, -0.2) is 0 Å². The van der Waals surface area contributed by atoms with Gasteiger partial charge in [-0.05, 0) is 0 Å². The van der Waals surface area contributed by atoms with Crippen LogP contribution in [0.5, 0.6) is 11.5 Å².